The van der Waals surface area contributed by atoms with E-state index in [1.165, 1.54) is 6.07 Å². The number of rotatable bonds is 1. The Balaban J connectivity index is 3.62. The molecule has 0 atom stereocenters. The maximum absolute atomic E-state index is 11.0. The van der Waals surface area contributed by atoms with Gasteiger partial charge < -0.3 is 0 Å². The van der Waals surface area contributed by atoms with Crippen LogP contribution in [0.4, 0.5) is 0 Å². The Morgan fingerprint density at radius 2 is 2.08 bits per heavy atom. The Morgan fingerprint density at radius 1 is 1.46 bits per heavy atom. The van der Waals surface area contributed by atoms with Crippen molar-refractivity contribution in [3.63, 3.8) is 0 Å². The number of hydrogen-bond donors (Lipinski definition) is 0. The highest BCUT2D eigenvalue weighted by Gasteiger charge is 2.17. The monoisotopic (exact) mass is 215 g/mol. The van der Waals surface area contributed by atoms with Crippen molar-refractivity contribution < 1.29 is 8.42 Å². The molecule has 0 aliphatic rings. The summed E-state index contributed by atoms with van der Waals surface area (Å²) in [5, 5.41) is 8.63. The molecule has 0 unspecified atom stereocenters. The molecule has 0 saturated heterocycles. The summed E-state index contributed by atoms with van der Waals surface area (Å²) < 4.78 is 22.1. The third-order valence-electron chi connectivity index (χ3n) is 1.58. The van der Waals surface area contributed by atoms with Gasteiger partial charge in [0.05, 0.1) is 5.56 Å². The lowest BCUT2D eigenvalue weighted by atomic mass is 10.1. The fourth-order valence-electron chi connectivity index (χ4n) is 1.06. The van der Waals surface area contributed by atoms with Crippen molar-refractivity contribution >= 4 is 19.7 Å². The summed E-state index contributed by atoms with van der Waals surface area (Å²) in [7, 11) is 1.34. The molecule has 0 saturated carbocycles. The number of halogens is 1. The fraction of sp³-hybridized carbons (Fsp3) is 0.125. The lowest BCUT2D eigenvalue weighted by Gasteiger charge is -2.02. The zero-order chi connectivity index (χ0) is 10.1. The molecule has 0 spiro atoms. The molecule has 0 radical (unpaired) electrons. The Bertz CT molecular complexity index is 473. The van der Waals surface area contributed by atoms with E-state index in [1.54, 1.807) is 25.1 Å². The minimum Gasteiger partial charge on any atom is -0.207 e. The minimum absolute atomic E-state index is 0.0787. The van der Waals surface area contributed by atoms with Crippen molar-refractivity contribution in [2.45, 2.75) is 11.8 Å². The molecule has 1 aromatic rings. The lowest BCUT2D eigenvalue weighted by Crippen LogP contribution is -1.98. The number of nitrogens with zero attached hydrogens (tertiary/aromatic N) is 1. The highest BCUT2D eigenvalue weighted by atomic mass is 35.7. The smallest absolute Gasteiger partial charge is 0.207 e. The van der Waals surface area contributed by atoms with Gasteiger partial charge in [-0.1, -0.05) is 12.1 Å². The van der Waals surface area contributed by atoms with Gasteiger partial charge in [0.2, 0.25) is 0 Å². The van der Waals surface area contributed by atoms with Gasteiger partial charge in [0.1, 0.15) is 11.0 Å². The summed E-state index contributed by atoms with van der Waals surface area (Å²) in [5.74, 6) is 0. The van der Waals surface area contributed by atoms with Gasteiger partial charge >= 0.3 is 0 Å². The van der Waals surface area contributed by atoms with E-state index in [-0.39, 0.29) is 10.5 Å². The zero-order valence-corrected chi connectivity index (χ0v) is 8.35. The molecule has 3 nitrogen and oxygen atoms in total. The topological polar surface area (TPSA) is 57.9 Å². The minimum atomic E-state index is -3.83. The second-order valence-corrected chi connectivity index (χ2v) is 5.00. The molecule has 0 fully saturated rings. The number of benzene rings is 1. The summed E-state index contributed by atoms with van der Waals surface area (Å²) in [5.41, 5.74) is 0.559. The average Bonchev–Trinajstić information content (AvgIpc) is 2.01. The van der Waals surface area contributed by atoms with Crippen LogP contribution in [-0.4, -0.2) is 8.42 Å². The predicted octanol–water partition coefficient (Wildman–Crippen LogP) is 1.79. The van der Waals surface area contributed by atoms with Crippen LogP contribution in [0.2, 0.25) is 0 Å². The van der Waals surface area contributed by atoms with E-state index in [0.29, 0.717) is 5.56 Å². The maximum atomic E-state index is 11.0. The number of hydrogen-bond acceptors (Lipinski definition) is 3. The van der Waals surface area contributed by atoms with Crippen LogP contribution in [0.3, 0.4) is 0 Å². The molecule has 0 aromatic heterocycles. The third-order valence-corrected chi connectivity index (χ3v) is 3.07. The summed E-state index contributed by atoms with van der Waals surface area (Å²) >= 11 is 0. The molecule has 5 heteroatoms. The zero-order valence-electron chi connectivity index (χ0n) is 6.78. The second kappa shape index (κ2) is 3.36. The quantitative estimate of drug-likeness (QED) is 0.672. The Morgan fingerprint density at radius 3 is 2.46 bits per heavy atom. The molecule has 1 aromatic carbocycles. The van der Waals surface area contributed by atoms with Crippen LogP contribution in [0.25, 0.3) is 0 Å². The van der Waals surface area contributed by atoms with E-state index >= 15 is 0 Å². The molecule has 0 bridgehead atoms. The number of aryl methyl sites for hydroxylation is 1. The normalized spacial score (nSPS) is 10.8. The highest BCUT2D eigenvalue weighted by molar-refractivity contribution is 8.13. The van der Waals surface area contributed by atoms with Crippen LogP contribution >= 0.6 is 10.7 Å². The largest absolute Gasteiger partial charge is 0.262 e. The van der Waals surface area contributed by atoms with Gasteiger partial charge in [0.15, 0.2) is 0 Å². The first-order valence-corrected chi connectivity index (χ1v) is 5.72. The Kier molecular flexibility index (Phi) is 2.60. The first-order valence-electron chi connectivity index (χ1n) is 3.41. The summed E-state index contributed by atoms with van der Waals surface area (Å²) in [6.45, 7) is 1.59. The Labute approximate surface area is 81.0 Å². The van der Waals surface area contributed by atoms with Crippen molar-refractivity contribution in [3.05, 3.63) is 29.3 Å². The predicted molar refractivity (Wildman–Crippen MR) is 48.9 cm³/mol. The first-order chi connectivity index (χ1) is 5.96. The van der Waals surface area contributed by atoms with E-state index in [1.807, 2.05) is 0 Å². The summed E-state index contributed by atoms with van der Waals surface area (Å²) in [6.07, 6.45) is 0. The second-order valence-electron chi connectivity index (χ2n) is 2.50. The van der Waals surface area contributed by atoms with Gasteiger partial charge in [-0.3, -0.25) is 0 Å². The van der Waals surface area contributed by atoms with Crippen molar-refractivity contribution in [2.24, 2.45) is 0 Å². The molecule has 0 aliphatic heterocycles. The van der Waals surface area contributed by atoms with Gasteiger partial charge in [0, 0.05) is 10.7 Å². The van der Waals surface area contributed by atoms with Crippen molar-refractivity contribution in [1.29, 1.82) is 5.26 Å². The van der Waals surface area contributed by atoms with Crippen LogP contribution in [0.1, 0.15) is 11.1 Å². The Hall–Kier alpha value is -1.05. The van der Waals surface area contributed by atoms with Crippen molar-refractivity contribution in [3.8, 4) is 6.07 Å². The van der Waals surface area contributed by atoms with E-state index in [4.69, 9.17) is 15.9 Å². The van der Waals surface area contributed by atoms with Crippen LogP contribution in [0.5, 0.6) is 0 Å². The highest BCUT2D eigenvalue weighted by Crippen LogP contribution is 2.22. The summed E-state index contributed by atoms with van der Waals surface area (Å²) in [6, 6.07) is 6.40. The first kappa shape index (κ1) is 10.0. The van der Waals surface area contributed by atoms with Crippen molar-refractivity contribution in [2.75, 3.05) is 0 Å². The standard InChI is InChI=1S/C8H6ClNO2S/c1-6-3-2-4-7(5-10)8(6)13(9,11)12/h2-4H,1H3. The molecule has 1 rings (SSSR count). The maximum Gasteiger partial charge on any atom is 0.262 e. The van der Waals surface area contributed by atoms with E-state index in [2.05, 4.69) is 0 Å². The molecule has 0 amide bonds. The molecule has 0 heterocycles. The van der Waals surface area contributed by atoms with E-state index in [0.717, 1.165) is 0 Å². The molecule has 13 heavy (non-hydrogen) atoms. The SMILES string of the molecule is Cc1cccc(C#N)c1S(=O)(=O)Cl. The van der Waals surface area contributed by atoms with Gasteiger partial charge in [-0.2, -0.15) is 5.26 Å². The fourth-order valence-corrected chi connectivity index (χ4v) is 2.51. The third kappa shape index (κ3) is 2.00. The summed E-state index contributed by atoms with van der Waals surface area (Å²) in [4.78, 5) is -0.0980. The molecule has 0 N–H and O–H groups in total. The van der Waals surface area contributed by atoms with E-state index < -0.39 is 9.05 Å². The molecular weight excluding hydrogens is 210 g/mol. The van der Waals surface area contributed by atoms with Gasteiger partial charge in [-0.15, -0.1) is 0 Å². The molecule has 0 aliphatic carbocycles. The van der Waals surface area contributed by atoms with Crippen LogP contribution in [0, 0.1) is 18.3 Å². The van der Waals surface area contributed by atoms with E-state index in [9.17, 15) is 8.42 Å². The number of nitriles is 1. The van der Waals surface area contributed by atoms with Crippen LogP contribution < -0.4 is 0 Å². The van der Waals surface area contributed by atoms with Crippen LogP contribution in [0.15, 0.2) is 23.1 Å². The molecule has 68 valence electrons. The van der Waals surface area contributed by atoms with Crippen LogP contribution in [-0.2, 0) is 9.05 Å². The average molecular weight is 216 g/mol. The van der Waals surface area contributed by atoms with Gasteiger partial charge in [0.25, 0.3) is 9.05 Å². The lowest BCUT2D eigenvalue weighted by molar-refractivity contribution is 0.609. The van der Waals surface area contributed by atoms with Gasteiger partial charge in [-0.25, -0.2) is 8.42 Å². The van der Waals surface area contributed by atoms with Crippen molar-refractivity contribution in [1.82, 2.24) is 0 Å². The molecular formula is C8H6ClNO2S. The van der Waals surface area contributed by atoms with Gasteiger partial charge in [-0.05, 0) is 18.6 Å².